The van der Waals surface area contributed by atoms with E-state index in [1.54, 1.807) is 0 Å². The first kappa shape index (κ1) is 10.3. The van der Waals surface area contributed by atoms with Crippen LogP contribution in [-0.4, -0.2) is 7.05 Å². The number of benzene rings is 2. The third-order valence-electron chi connectivity index (χ3n) is 3.54. The quantitative estimate of drug-likeness (QED) is 0.671. The molecule has 0 bridgehead atoms. The largest absolute Gasteiger partial charge is 0.337 e. The Hall–Kier alpha value is -2.62. The maximum absolute atomic E-state index is 3.44. The molecule has 0 atom stereocenters. The molecule has 3 N–H and O–H groups in total. The SMILES string of the molecule is CN1C(=C2Nc3ccccc3N2)Nc2ccccc21. The number of hydrogen-bond donors (Lipinski definition) is 3. The van der Waals surface area contributed by atoms with Gasteiger partial charge in [0, 0.05) is 7.05 Å². The number of anilines is 4. The first-order valence-electron chi connectivity index (χ1n) is 6.30. The van der Waals surface area contributed by atoms with Gasteiger partial charge in [0.25, 0.3) is 0 Å². The normalized spacial score (nSPS) is 15.5. The van der Waals surface area contributed by atoms with Crippen LogP contribution in [0.4, 0.5) is 22.7 Å². The van der Waals surface area contributed by atoms with Crippen LogP contribution < -0.4 is 20.9 Å². The molecule has 0 aromatic heterocycles. The third-order valence-corrected chi connectivity index (χ3v) is 3.54. The van der Waals surface area contributed by atoms with E-state index in [1.165, 1.54) is 5.69 Å². The Morgan fingerprint density at radius 1 is 0.737 bits per heavy atom. The number of nitrogens with zero attached hydrogens (tertiary/aromatic N) is 1. The zero-order valence-corrected chi connectivity index (χ0v) is 10.6. The highest BCUT2D eigenvalue weighted by atomic mass is 15.3. The Morgan fingerprint density at radius 3 is 1.95 bits per heavy atom. The van der Waals surface area contributed by atoms with Crippen molar-refractivity contribution < 1.29 is 0 Å². The fraction of sp³-hybridized carbons (Fsp3) is 0.0667. The summed E-state index contributed by atoms with van der Waals surface area (Å²) in [7, 11) is 2.06. The van der Waals surface area contributed by atoms with Crippen molar-refractivity contribution in [3.63, 3.8) is 0 Å². The molecule has 2 heterocycles. The molecule has 4 rings (SSSR count). The molecule has 2 aliphatic rings. The van der Waals surface area contributed by atoms with Crippen molar-refractivity contribution >= 4 is 22.7 Å². The molecule has 19 heavy (non-hydrogen) atoms. The highest BCUT2D eigenvalue weighted by Crippen LogP contribution is 2.38. The molecular formula is C15H14N4. The van der Waals surface area contributed by atoms with Gasteiger partial charge < -0.3 is 20.9 Å². The van der Waals surface area contributed by atoms with Crippen molar-refractivity contribution in [2.24, 2.45) is 0 Å². The van der Waals surface area contributed by atoms with E-state index in [0.29, 0.717) is 0 Å². The second-order valence-corrected chi connectivity index (χ2v) is 4.72. The van der Waals surface area contributed by atoms with Crippen molar-refractivity contribution in [3.05, 3.63) is 60.2 Å². The zero-order chi connectivity index (χ0) is 12.8. The molecule has 0 spiro atoms. The molecular weight excluding hydrogens is 236 g/mol. The lowest BCUT2D eigenvalue weighted by Gasteiger charge is -2.15. The molecule has 4 heteroatoms. The summed E-state index contributed by atoms with van der Waals surface area (Å²) in [6.45, 7) is 0. The molecule has 94 valence electrons. The standard InChI is InChI=1S/C15H14N4/c1-19-13-9-5-4-8-12(13)18-15(19)14-16-10-6-2-3-7-11(10)17-14/h2-9,16-18H,1H3. The smallest absolute Gasteiger partial charge is 0.152 e. The van der Waals surface area contributed by atoms with E-state index in [1.807, 2.05) is 18.2 Å². The van der Waals surface area contributed by atoms with Gasteiger partial charge in [0.15, 0.2) is 5.82 Å². The van der Waals surface area contributed by atoms with Crippen LogP contribution in [0.3, 0.4) is 0 Å². The van der Waals surface area contributed by atoms with Crippen LogP contribution in [0.25, 0.3) is 0 Å². The van der Waals surface area contributed by atoms with Gasteiger partial charge in [-0.25, -0.2) is 0 Å². The molecule has 0 amide bonds. The monoisotopic (exact) mass is 250 g/mol. The van der Waals surface area contributed by atoms with E-state index in [9.17, 15) is 0 Å². The van der Waals surface area contributed by atoms with Crippen LogP contribution in [-0.2, 0) is 0 Å². The minimum atomic E-state index is 0.986. The second-order valence-electron chi connectivity index (χ2n) is 4.72. The summed E-state index contributed by atoms with van der Waals surface area (Å²) in [6, 6.07) is 16.5. The molecule has 2 aliphatic heterocycles. The zero-order valence-electron chi connectivity index (χ0n) is 10.6. The summed E-state index contributed by atoms with van der Waals surface area (Å²) < 4.78 is 0. The Kier molecular flexibility index (Phi) is 2.00. The highest BCUT2D eigenvalue weighted by molar-refractivity contribution is 5.85. The van der Waals surface area contributed by atoms with E-state index < -0.39 is 0 Å². The van der Waals surface area contributed by atoms with Gasteiger partial charge >= 0.3 is 0 Å². The molecule has 0 saturated heterocycles. The fourth-order valence-corrected chi connectivity index (χ4v) is 2.55. The number of hydrogen-bond acceptors (Lipinski definition) is 4. The van der Waals surface area contributed by atoms with Crippen molar-refractivity contribution in [2.75, 3.05) is 27.9 Å². The van der Waals surface area contributed by atoms with Gasteiger partial charge in [-0.05, 0) is 24.3 Å². The molecule has 2 aromatic carbocycles. The maximum Gasteiger partial charge on any atom is 0.152 e. The Bertz CT molecular complexity index is 663. The van der Waals surface area contributed by atoms with Crippen LogP contribution in [0.1, 0.15) is 0 Å². The fourth-order valence-electron chi connectivity index (χ4n) is 2.55. The van der Waals surface area contributed by atoms with Crippen LogP contribution in [0.2, 0.25) is 0 Å². The average molecular weight is 250 g/mol. The van der Waals surface area contributed by atoms with Gasteiger partial charge in [-0.15, -0.1) is 0 Å². The summed E-state index contributed by atoms with van der Waals surface area (Å²) in [6.07, 6.45) is 0. The predicted molar refractivity (Wildman–Crippen MR) is 79.2 cm³/mol. The van der Waals surface area contributed by atoms with Crippen molar-refractivity contribution in [3.8, 4) is 0 Å². The minimum absolute atomic E-state index is 0.986. The van der Waals surface area contributed by atoms with Crippen molar-refractivity contribution in [1.82, 2.24) is 0 Å². The molecule has 0 radical (unpaired) electrons. The third kappa shape index (κ3) is 1.46. The van der Waals surface area contributed by atoms with Gasteiger partial charge in [0.2, 0.25) is 0 Å². The lowest BCUT2D eigenvalue weighted by molar-refractivity contribution is 1.12. The number of nitrogens with one attached hydrogen (secondary N) is 3. The van der Waals surface area contributed by atoms with E-state index in [0.717, 1.165) is 28.7 Å². The molecule has 4 nitrogen and oxygen atoms in total. The van der Waals surface area contributed by atoms with Gasteiger partial charge in [0.1, 0.15) is 5.82 Å². The topological polar surface area (TPSA) is 39.3 Å². The average Bonchev–Trinajstić information content (AvgIpc) is 3.00. The van der Waals surface area contributed by atoms with Gasteiger partial charge in [-0.1, -0.05) is 24.3 Å². The Morgan fingerprint density at radius 2 is 1.32 bits per heavy atom. The van der Waals surface area contributed by atoms with Crippen molar-refractivity contribution in [2.45, 2.75) is 0 Å². The van der Waals surface area contributed by atoms with E-state index >= 15 is 0 Å². The highest BCUT2D eigenvalue weighted by Gasteiger charge is 2.26. The summed E-state index contributed by atoms with van der Waals surface area (Å²) in [5.41, 5.74) is 4.53. The van der Waals surface area contributed by atoms with E-state index in [4.69, 9.17) is 0 Å². The predicted octanol–water partition coefficient (Wildman–Crippen LogP) is 3.21. The molecule has 0 aliphatic carbocycles. The minimum Gasteiger partial charge on any atom is -0.337 e. The van der Waals surface area contributed by atoms with Crippen LogP contribution in [0.5, 0.6) is 0 Å². The summed E-state index contributed by atoms with van der Waals surface area (Å²) >= 11 is 0. The van der Waals surface area contributed by atoms with Crippen molar-refractivity contribution in [1.29, 1.82) is 0 Å². The second kappa shape index (κ2) is 3.68. The van der Waals surface area contributed by atoms with Gasteiger partial charge in [-0.3, -0.25) is 0 Å². The van der Waals surface area contributed by atoms with E-state index in [2.05, 4.69) is 58.2 Å². The van der Waals surface area contributed by atoms with E-state index in [-0.39, 0.29) is 0 Å². The molecule has 0 unspecified atom stereocenters. The lowest BCUT2D eigenvalue weighted by atomic mass is 10.3. The molecule has 0 fully saturated rings. The summed E-state index contributed by atoms with van der Waals surface area (Å²) in [4.78, 5) is 2.15. The Balaban J connectivity index is 1.75. The number of rotatable bonds is 0. The molecule has 2 aromatic rings. The maximum atomic E-state index is 3.44. The van der Waals surface area contributed by atoms with Crippen LogP contribution >= 0.6 is 0 Å². The van der Waals surface area contributed by atoms with Gasteiger partial charge in [0.05, 0.1) is 22.7 Å². The summed E-state index contributed by atoms with van der Waals surface area (Å²) in [5, 5.41) is 10.3. The number of fused-ring (bicyclic) bond motifs is 2. The van der Waals surface area contributed by atoms with Crippen LogP contribution in [0.15, 0.2) is 60.2 Å². The first-order chi connectivity index (χ1) is 9.33. The summed E-state index contributed by atoms with van der Waals surface area (Å²) in [5.74, 6) is 2.03. The lowest BCUT2D eigenvalue weighted by Crippen LogP contribution is -2.21. The number of para-hydroxylation sites is 4. The first-order valence-corrected chi connectivity index (χ1v) is 6.30. The Labute approximate surface area is 111 Å². The molecule has 0 saturated carbocycles. The van der Waals surface area contributed by atoms with Gasteiger partial charge in [-0.2, -0.15) is 0 Å². The van der Waals surface area contributed by atoms with Crippen LogP contribution in [0, 0.1) is 0 Å².